The Balaban J connectivity index is 1.74. The van der Waals surface area contributed by atoms with Gasteiger partial charge in [0.05, 0.1) is 12.4 Å². The van der Waals surface area contributed by atoms with Crippen molar-refractivity contribution < 1.29 is 22.3 Å². The molecule has 0 atom stereocenters. The standard InChI is InChI=1S/C27H34F4O/c1-3-32-25-18-17-23(26(30)27(25)31)16-14-21-13-15-22(24(29)19-21)12-10-8-6-4-5-7-9-11-20(2)28/h11,13,15,17-19H,3-10,12,14,16H2,1-2H3/b20-11-. The van der Waals surface area contributed by atoms with Gasteiger partial charge in [0.1, 0.15) is 5.82 Å². The van der Waals surface area contributed by atoms with E-state index >= 15 is 0 Å². The molecule has 0 spiro atoms. The van der Waals surface area contributed by atoms with Crippen LogP contribution in [0.2, 0.25) is 0 Å². The molecule has 0 radical (unpaired) electrons. The highest BCUT2D eigenvalue weighted by molar-refractivity contribution is 5.32. The van der Waals surface area contributed by atoms with E-state index in [0.717, 1.165) is 50.5 Å². The third kappa shape index (κ3) is 8.68. The smallest absolute Gasteiger partial charge is 0.200 e. The van der Waals surface area contributed by atoms with Gasteiger partial charge in [-0.1, -0.05) is 50.0 Å². The van der Waals surface area contributed by atoms with E-state index in [4.69, 9.17) is 4.74 Å². The summed E-state index contributed by atoms with van der Waals surface area (Å²) in [5, 5.41) is 0. The van der Waals surface area contributed by atoms with E-state index in [-0.39, 0.29) is 36.0 Å². The van der Waals surface area contributed by atoms with Crippen LogP contribution < -0.4 is 4.74 Å². The molecule has 32 heavy (non-hydrogen) atoms. The average molecular weight is 451 g/mol. The number of aryl methyl sites for hydroxylation is 3. The molecular formula is C27H34F4O. The minimum atomic E-state index is -0.974. The molecule has 0 aliphatic carbocycles. The van der Waals surface area contributed by atoms with E-state index in [1.165, 1.54) is 25.1 Å². The largest absolute Gasteiger partial charge is 0.491 e. The van der Waals surface area contributed by atoms with Crippen molar-refractivity contribution in [3.8, 4) is 5.75 Å². The molecule has 0 amide bonds. The monoisotopic (exact) mass is 450 g/mol. The Morgan fingerprint density at radius 2 is 1.50 bits per heavy atom. The lowest BCUT2D eigenvalue weighted by Crippen LogP contribution is -2.02. The summed E-state index contributed by atoms with van der Waals surface area (Å²) < 4.78 is 60.3. The molecule has 5 heteroatoms. The van der Waals surface area contributed by atoms with Crippen molar-refractivity contribution in [2.24, 2.45) is 0 Å². The lowest BCUT2D eigenvalue weighted by molar-refractivity contribution is 0.313. The van der Waals surface area contributed by atoms with Gasteiger partial charge in [-0.05, 0) is 81.2 Å². The fourth-order valence-electron chi connectivity index (χ4n) is 3.73. The third-order valence-corrected chi connectivity index (χ3v) is 5.55. The summed E-state index contributed by atoms with van der Waals surface area (Å²) in [6.07, 6.45) is 10.1. The lowest BCUT2D eigenvalue weighted by Gasteiger charge is -2.10. The van der Waals surface area contributed by atoms with Crippen molar-refractivity contribution in [1.82, 2.24) is 0 Å². The topological polar surface area (TPSA) is 9.23 Å². The summed E-state index contributed by atoms with van der Waals surface area (Å²) in [5.41, 5.74) is 1.71. The Labute approximate surface area is 189 Å². The molecule has 2 rings (SSSR count). The first-order valence-corrected chi connectivity index (χ1v) is 11.6. The summed E-state index contributed by atoms with van der Waals surface area (Å²) in [6, 6.07) is 8.11. The van der Waals surface area contributed by atoms with Gasteiger partial charge in [0.2, 0.25) is 5.82 Å². The van der Waals surface area contributed by atoms with Crippen molar-refractivity contribution in [2.45, 2.75) is 78.1 Å². The molecule has 2 aromatic carbocycles. The molecule has 0 heterocycles. The van der Waals surface area contributed by atoms with Crippen LogP contribution in [0.25, 0.3) is 0 Å². The highest BCUT2D eigenvalue weighted by Gasteiger charge is 2.14. The van der Waals surface area contributed by atoms with E-state index in [0.29, 0.717) is 18.4 Å². The second kappa shape index (κ2) is 14.0. The highest BCUT2D eigenvalue weighted by atomic mass is 19.2. The van der Waals surface area contributed by atoms with Crippen LogP contribution in [0.5, 0.6) is 5.75 Å². The molecule has 0 aliphatic heterocycles. The molecule has 0 aromatic heterocycles. The second-order valence-corrected chi connectivity index (χ2v) is 8.16. The van der Waals surface area contributed by atoms with Crippen LogP contribution in [0.4, 0.5) is 17.6 Å². The third-order valence-electron chi connectivity index (χ3n) is 5.55. The molecule has 176 valence electrons. The minimum absolute atomic E-state index is 0.0896. The lowest BCUT2D eigenvalue weighted by atomic mass is 9.99. The number of rotatable bonds is 14. The van der Waals surface area contributed by atoms with Crippen LogP contribution in [0.1, 0.15) is 75.5 Å². The number of benzene rings is 2. The molecule has 0 N–H and O–H groups in total. The average Bonchev–Trinajstić information content (AvgIpc) is 2.76. The molecule has 0 bridgehead atoms. The van der Waals surface area contributed by atoms with Crippen LogP contribution in [0.3, 0.4) is 0 Å². The Morgan fingerprint density at radius 1 is 0.812 bits per heavy atom. The Morgan fingerprint density at radius 3 is 2.19 bits per heavy atom. The fourth-order valence-corrected chi connectivity index (χ4v) is 3.73. The Kier molecular flexibility index (Phi) is 11.3. The highest BCUT2D eigenvalue weighted by Crippen LogP contribution is 2.24. The summed E-state index contributed by atoms with van der Waals surface area (Å²) >= 11 is 0. The quantitative estimate of drug-likeness (QED) is 0.207. The van der Waals surface area contributed by atoms with Gasteiger partial charge >= 0.3 is 0 Å². The van der Waals surface area contributed by atoms with Gasteiger partial charge in [-0.2, -0.15) is 4.39 Å². The first-order chi connectivity index (χ1) is 15.4. The van der Waals surface area contributed by atoms with Gasteiger partial charge in [0.15, 0.2) is 11.6 Å². The maximum absolute atomic E-state index is 14.5. The molecule has 0 saturated heterocycles. The molecule has 0 aliphatic rings. The van der Waals surface area contributed by atoms with Crippen molar-refractivity contribution in [1.29, 1.82) is 0 Å². The maximum atomic E-state index is 14.5. The van der Waals surface area contributed by atoms with Crippen molar-refractivity contribution in [3.63, 3.8) is 0 Å². The van der Waals surface area contributed by atoms with Gasteiger partial charge < -0.3 is 4.74 Å². The maximum Gasteiger partial charge on any atom is 0.200 e. The van der Waals surface area contributed by atoms with Crippen molar-refractivity contribution in [3.05, 3.63) is 76.4 Å². The zero-order valence-electron chi connectivity index (χ0n) is 19.2. The normalized spacial score (nSPS) is 11.8. The van der Waals surface area contributed by atoms with Crippen LogP contribution in [0.15, 0.2) is 42.2 Å². The first kappa shape index (κ1) is 26.0. The molecular weight excluding hydrogens is 416 g/mol. The summed E-state index contributed by atoms with van der Waals surface area (Å²) in [4.78, 5) is 0. The molecule has 0 fully saturated rings. The van der Waals surface area contributed by atoms with Crippen LogP contribution in [-0.4, -0.2) is 6.61 Å². The van der Waals surface area contributed by atoms with E-state index in [9.17, 15) is 17.6 Å². The zero-order chi connectivity index (χ0) is 23.3. The first-order valence-electron chi connectivity index (χ1n) is 11.6. The number of ether oxygens (including phenoxy) is 1. The second-order valence-electron chi connectivity index (χ2n) is 8.16. The van der Waals surface area contributed by atoms with Crippen molar-refractivity contribution >= 4 is 0 Å². The van der Waals surface area contributed by atoms with Crippen molar-refractivity contribution in [2.75, 3.05) is 6.61 Å². The van der Waals surface area contributed by atoms with Gasteiger partial charge in [0, 0.05) is 0 Å². The summed E-state index contributed by atoms with van der Waals surface area (Å²) in [7, 11) is 0. The van der Waals surface area contributed by atoms with Crippen LogP contribution in [0, 0.1) is 17.5 Å². The van der Waals surface area contributed by atoms with E-state index in [1.807, 2.05) is 6.07 Å². The number of allylic oxidation sites excluding steroid dienone is 2. The van der Waals surface area contributed by atoms with E-state index in [2.05, 4.69) is 0 Å². The molecule has 0 saturated carbocycles. The molecule has 2 aromatic rings. The fraction of sp³-hybridized carbons (Fsp3) is 0.481. The number of unbranched alkanes of at least 4 members (excludes halogenated alkanes) is 6. The van der Waals surface area contributed by atoms with E-state index in [1.54, 1.807) is 19.1 Å². The number of hydrogen-bond acceptors (Lipinski definition) is 1. The minimum Gasteiger partial charge on any atom is -0.491 e. The van der Waals surface area contributed by atoms with Gasteiger partial charge in [-0.25, -0.2) is 13.2 Å². The van der Waals surface area contributed by atoms with E-state index < -0.39 is 11.6 Å². The Hall–Kier alpha value is -2.30. The zero-order valence-corrected chi connectivity index (χ0v) is 19.2. The number of halogens is 4. The Bertz CT molecular complexity index is 872. The molecule has 1 nitrogen and oxygen atoms in total. The van der Waals surface area contributed by atoms with Gasteiger partial charge in [0.25, 0.3) is 0 Å². The summed E-state index contributed by atoms with van der Waals surface area (Å²) in [6.45, 7) is 3.44. The van der Waals surface area contributed by atoms with Crippen LogP contribution >= 0.6 is 0 Å². The van der Waals surface area contributed by atoms with Gasteiger partial charge in [-0.15, -0.1) is 0 Å². The van der Waals surface area contributed by atoms with Crippen LogP contribution in [-0.2, 0) is 19.3 Å². The van der Waals surface area contributed by atoms with Gasteiger partial charge in [-0.3, -0.25) is 0 Å². The predicted octanol–water partition coefficient (Wildman–Crippen LogP) is 8.43. The molecule has 0 unspecified atom stereocenters. The SMILES string of the molecule is CCOc1ccc(CCc2ccc(CCCCCCCC/C=C(/C)F)c(F)c2)c(F)c1F. The number of hydrogen-bond donors (Lipinski definition) is 0. The predicted molar refractivity (Wildman–Crippen MR) is 122 cm³/mol. The summed E-state index contributed by atoms with van der Waals surface area (Å²) in [5.74, 6) is -2.32.